The molecule has 2 N–H and O–H groups in total. The second-order valence-corrected chi connectivity index (χ2v) is 5.81. The SMILES string of the molecule is O=[N+]([O-])c1c(NCCN2CCOCC2)ncnc1Nc1ccc(F)cc1F. The quantitative estimate of drug-likeness (QED) is 0.556. The Kier molecular flexibility index (Phi) is 6.04. The minimum Gasteiger partial charge on any atom is -0.379 e. The molecule has 9 nitrogen and oxygen atoms in total. The van der Waals surface area contributed by atoms with Gasteiger partial charge in [-0.15, -0.1) is 0 Å². The summed E-state index contributed by atoms with van der Waals surface area (Å²) in [5.74, 6) is -1.80. The van der Waals surface area contributed by atoms with Crippen molar-refractivity contribution in [1.29, 1.82) is 0 Å². The summed E-state index contributed by atoms with van der Waals surface area (Å²) >= 11 is 0. The van der Waals surface area contributed by atoms with E-state index in [1.807, 2.05) is 0 Å². The predicted molar refractivity (Wildman–Crippen MR) is 94.1 cm³/mol. The van der Waals surface area contributed by atoms with Gasteiger partial charge in [-0.1, -0.05) is 0 Å². The number of halogens is 2. The van der Waals surface area contributed by atoms with Crippen molar-refractivity contribution in [3.05, 3.63) is 46.3 Å². The molecule has 1 aromatic carbocycles. The summed E-state index contributed by atoms with van der Waals surface area (Å²) in [5, 5.41) is 17.0. The lowest BCUT2D eigenvalue weighted by Crippen LogP contribution is -2.39. The molecule has 144 valence electrons. The third-order valence-corrected chi connectivity index (χ3v) is 4.01. The molecular weight excluding hydrogens is 362 g/mol. The number of nitro groups is 1. The van der Waals surface area contributed by atoms with Gasteiger partial charge in [-0.25, -0.2) is 18.7 Å². The van der Waals surface area contributed by atoms with Gasteiger partial charge in [0.2, 0.25) is 11.6 Å². The highest BCUT2D eigenvalue weighted by atomic mass is 19.1. The van der Waals surface area contributed by atoms with E-state index in [4.69, 9.17) is 4.74 Å². The number of hydrogen-bond acceptors (Lipinski definition) is 8. The summed E-state index contributed by atoms with van der Waals surface area (Å²) in [5.41, 5.74) is -0.541. The summed E-state index contributed by atoms with van der Waals surface area (Å²) in [4.78, 5) is 20.8. The van der Waals surface area contributed by atoms with Crippen molar-refractivity contribution < 1.29 is 18.4 Å². The Bertz CT molecular complexity index is 817. The van der Waals surface area contributed by atoms with Crippen LogP contribution in [0.3, 0.4) is 0 Å². The first-order valence-corrected chi connectivity index (χ1v) is 8.30. The summed E-state index contributed by atoms with van der Waals surface area (Å²) in [6.07, 6.45) is 1.13. The third-order valence-electron chi connectivity index (χ3n) is 4.01. The van der Waals surface area contributed by atoms with Crippen LogP contribution in [0, 0.1) is 21.7 Å². The maximum absolute atomic E-state index is 13.8. The van der Waals surface area contributed by atoms with E-state index < -0.39 is 22.2 Å². The molecule has 2 aromatic rings. The standard InChI is InChI=1S/C16H18F2N6O3/c17-11-1-2-13(12(18)9-11)22-16-14(24(25)26)15(20-10-21-16)19-3-4-23-5-7-27-8-6-23/h1-2,9-10H,3-8H2,(H2,19,20,21,22). The van der Waals surface area contributed by atoms with Crippen molar-refractivity contribution in [3.8, 4) is 0 Å². The van der Waals surface area contributed by atoms with E-state index >= 15 is 0 Å². The van der Waals surface area contributed by atoms with Gasteiger partial charge in [0.05, 0.1) is 23.8 Å². The molecule has 1 aliphatic heterocycles. The maximum atomic E-state index is 13.8. The molecule has 0 unspecified atom stereocenters. The van der Waals surface area contributed by atoms with Gasteiger partial charge < -0.3 is 15.4 Å². The molecule has 0 saturated carbocycles. The van der Waals surface area contributed by atoms with Crippen LogP contribution in [-0.2, 0) is 4.74 Å². The van der Waals surface area contributed by atoms with E-state index in [9.17, 15) is 18.9 Å². The predicted octanol–water partition coefficient (Wildman–Crippen LogP) is 2.15. The van der Waals surface area contributed by atoms with Crippen molar-refractivity contribution >= 4 is 23.0 Å². The Labute approximate surface area is 153 Å². The monoisotopic (exact) mass is 380 g/mol. The minimum absolute atomic E-state index is 0.0216. The molecule has 0 amide bonds. The van der Waals surface area contributed by atoms with Gasteiger partial charge in [-0.3, -0.25) is 15.0 Å². The van der Waals surface area contributed by atoms with Gasteiger partial charge in [-0.05, 0) is 12.1 Å². The number of nitrogens with one attached hydrogen (secondary N) is 2. The van der Waals surface area contributed by atoms with Crippen LogP contribution in [0.25, 0.3) is 0 Å². The third kappa shape index (κ3) is 4.83. The summed E-state index contributed by atoms with van der Waals surface area (Å²) < 4.78 is 32.1. The lowest BCUT2D eigenvalue weighted by Gasteiger charge is -2.26. The van der Waals surface area contributed by atoms with Crippen molar-refractivity contribution in [2.75, 3.05) is 50.0 Å². The van der Waals surface area contributed by atoms with E-state index in [0.717, 1.165) is 31.5 Å². The number of anilines is 3. The van der Waals surface area contributed by atoms with Gasteiger partial charge in [0.25, 0.3) is 0 Å². The zero-order valence-electron chi connectivity index (χ0n) is 14.3. The highest BCUT2D eigenvalue weighted by molar-refractivity contribution is 5.73. The first-order valence-electron chi connectivity index (χ1n) is 8.30. The van der Waals surface area contributed by atoms with Crippen molar-refractivity contribution in [2.45, 2.75) is 0 Å². The highest BCUT2D eigenvalue weighted by Crippen LogP contribution is 2.31. The number of morpholine rings is 1. The van der Waals surface area contributed by atoms with Crippen LogP contribution in [0.1, 0.15) is 0 Å². The van der Waals surface area contributed by atoms with Gasteiger partial charge in [-0.2, -0.15) is 0 Å². The van der Waals surface area contributed by atoms with Gasteiger partial charge in [0.1, 0.15) is 18.0 Å². The molecule has 0 aliphatic carbocycles. The van der Waals surface area contributed by atoms with Crippen LogP contribution < -0.4 is 10.6 Å². The maximum Gasteiger partial charge on any atom is 0.353 e. The van der Waals surface area contributed by atoms with Gasteiger partial charge in [0, 0.05) is 32.2 Å². The summed E-state index contributed by atoms with van der Waals surface area (Å²) in [7, 11) is 0. The lowest BCUT2D eigenvalue weighted by molar-refractivity contribution is -0.383. The molecule has 1 aliphatic rings. The summed E-state index contributed by atoms with van der Waals surface area (Å²) in [6.45, 7) is 4.01. The zero-order chi connectivity index (χ0) is 19.2. The van der Waals surface area contributed by atoms with E-state index in [-0.39, 0.29) is 17.3 Å². The topological polar surface area (TPSA) is 105 Å². The smallest absolute Gasteiger partial charge is 0.353 e. The zero-order valence-corrected chi connectivity index (χ0v) is 14.3. The van der Waals surface area contributed by atoms with Crippen molar-refractivity contribution in [2.24, 2.45) is 0 Å². The van der Waals surface area contributed by atoms with Crippen LogP contribution in [0.5, 0.6) is 0 Å². The molecule has 0 bridgehead atoms. The normalized spacial score (nSPS) is 14.7. The van der Waals surface area contributed by atoms with Crippen LogP contribution in [0.2, 0.25) is 0 Å². The van der Waals surface area contributed by atoms with Gasteiger partial charge in [0.15, 0.2) is 0 Å². The lowest BCUT2D eigenvalue weighted by atomic mass is 10.3. The van der Waals surface area contributed by atoms with Crippen molar-refractivity contribution in [3.63, 3.8) is 0 Å². The van der Waals surface area contributed by atoms with E-state index in [1.165, 1.54) is 0 Å². The molecular formula is C16H18F2N6O3. The Morgan fingerprint density at radius 2 is 1.96 bits per heavy atom. The second-order valence-electron chi connectivity index (χ2n) is 5.81. The fourth-order valence-electron chi connectivity index (χ4n) is 2.65. The fourth-order valence-corrected chi connectivity index (χ4v) is 2.65. The molecule has 27 heavy (non-hydrogen) atoms. The highest BCUT2D eigenvalue weighted by Gasteiger charge is 2.24. The number of hydrogen-bond donors (Lipinski definition) is 2. The molecule has 0 atom stereocenters. The van der Waals surface area contributed by atoms with Crippen LogP contribution >= 0.6 is 0 Å². The molecule has 1 saturated heterocycles. The number of benzene rings is 1. The number of nitrogens with zero attached hydrogens (tertiary/aromatic N) is 4. The Hall–Kier alpha value is -2.92. The van der Waals surface area contributed by atoms with Crippen LogP contribution in [0.4, 0.5) is 31.8 Å². The minimum atomic E-state index is -0.885. The largest absolute Gasteiger partial charge is 0.379 e. The van der Waals surface area contributed by atoms with Crippen molar-refractivity contribution in [1.82, 2.24) is 14.9 Å². The molecule has 11 heteroatoms. The average molecular weight is 380 g/mol. The molecule has 1 fully saturated rings. The second kappa shape index (κ2) is 8.64. The number of rotatable bonds is 7. The molecule has 1 aromatic heterocycles. The Morgan fingerprint density at radius 1 is 1.22 bits per heavy atom. The van der Waals surface area contributed by atoms with E-state index in [1.54, 1.807) is 0 Å². The molecule has 0 radical (unpaired) electrons. The fraction of sp³-hybridized carbons (Fsp3) is 0.375. The van der Waals surface area contributed by atoms with Crippen LogP contribution in [-0.4, -0.2) is 59.2 Å². The van der Waals surface area contributed by atoms with E-state index in [2.05, 4.69) is 25.5 Å². The Balaban J connectivity index is 1.74. The van der Waals surface area contributed by atoms with E-state index in [0.29, 0.717) is 32.4 Å². The molecule has 0 spiro atoms. The first kappa shape index (κ1) is 18.9. The first-order chi connectivity index (χ1) is 13.0. The number of ether oxygens (including phenoxy) is 1. The molecule has 3 rings (SSSR count). The van der Waals surface area contributed by atoms with Crippen LogP contribution in [0.15, 0.2) is 24.5 Å². The number of aromatic nitrogens is 2. The average Bonchev–Trinajstić information content (AvgIpc) is 2.65. The summed E-state index contributed by atoms with van der Waals surface area (Å²) in [6, 6.07) is 2.86. The van der Waals surface area contributed by atoms with Gasteiger partial charge >= 0.3 is 5.69 Å². The molecule has 2 heterocycles. The Morgan fingerprint density at radius 3 is 2.67 bits per heavy atom.